The molecule has 2 heterocycles. The van der Waals surface area contributed by atoms with Crippen molar-refractivity contribution in [2.24, 2.45) is 7.05 Å². The van der Waals surface area contributed by atoms with Crippen LogP contribution >= 0.6 is 0 Å². The Morgan fingerprint density at radius 1 is 1.24 bits per heavy atom. The van der Waals surface area contributed by atoms with Gasteiger partial charge in [-0.05, 0) is 0 Å². The second-order valence-corrected chi connectivity index (χ2v) is 5.11. The zero-order valence-electron chi connectivity index (χ0n) is 12.1. The Hall–Kier alpha value is -2.16. The number of morpholine rings is 1. The molecule has 0 spiro atoms. The van der Waals surface area contributed by atoms with E-state index in [0.717, 1.165) is 30.2 Å². The minimum atomic E-state index is -0.274. The first-order chi connectivity index (χ1) is 10.3. The number of nitriles is 1. The fraction of sp³-hybridized carbons (Fsp3) is 0.375. The Morgan fingerprint density at radius 3 is 2.62 bits per heavy atom. The van der Waals surface area contributed by atoms with Gasteiger partial charge in [0.25, 0.3) is 0 Å². The smallest absolute Gasteiger partial charge is 0.140 e. The summed E-state index contributed by atoms with van der Waals surface area (Å²) < 4.78 is 7.37. The van der Waals surface area contributed by atoms with Crippen LogP contribution in [-0.4, -0.2) is 40.8 Å². The summed E-state index contributed by atoms with van der Waals surface area (Å²) in [5, 5.41) is 9.56. The summed E-state index contributed by atoms with van der Waals surface area (Å²) in [4.78, 5) is 6.65. The molecule has 1 fully saturated rings. The van der Waals surface area contributed by atoms with Crippen LogP contribution in [0.15, 0.2) is 36.5 Å². The second-order valence-electron chi connectivity index (χ2n) is 5.11. The summed E-state index contributed by atoms with van der Waals surface area (Å²) in [6.45, 7) is 2.93. The van der Waals surface area contributed by atoms with E-state index in [4.69, 9.17) is 4.74 Å². The average molecular weight is 282 g/mol. The van der Waals surface area contributed by atoms with Crippen molar-refractivity contribution >= 4 is 0 Å². The lowest BCUT2D eigenvalue weighted by Crippen LogP contribution is -2.39. The van der Waals surface area contributed by atoms with E-state index in [1.165, 1.54) is 0 Å². The highest BCUT2D eigenvalue weighted by molar-refractivity contribution is 5.56. The van der Waals surface area contributed by atoms with Crippen molar-refractivity contribution in [1.82, 2.24) is 14.5 Å². The molecule has 1 unspecified atom stereocenters. The first-order valence-corrected chi connectivity index (χ1v) is 7.09. The molecule has 0 bridgehead atoms. The SMILES string of the molecule is Cn1c(C(C#N)N2CCOCC2)cnc1-c1ccccc1. The van der Waals surface area contributed by atoms with Crippen LogP contribution in [0.5, 0.6) is 0 Å². The number of benzene rings is 1. The Morgan fingerprint density at radius 2 is 1.95 bits per heavy atom. The zero-order chi connectivity index (χ0) is 14.7. The molecule has 5 heteroatoms. The van der Waals surface area contributed by atoms with Crippen LogP contribution in [0.4, 0.5) is 0 Å². The minimum absolute atomic E-state index is 0.274. The molecule has 1 saturated heterocycles. The van der Waals surface area contributed by atoms with Crippen LogP contribution in [0, 0.1) is 11.3 Å². The Kier molecular flexibility index (Phi) is 4.00. The van der Waals surface area contributed by atoms with Gasteiger partial charge in [0.2, 0.25) is 0 Å². The van der Waals surface area contributed by atoms with E-state index in [0.29, 0.717) is 13.2 Å². The summed E-state index contributed by atoms with van der Waals surface area (Å²) in [5.74, 6) is 0.888. The quantitative estimate of drug-likeness (QED) is 0.864. The first-order valence-electron chi connectivity index (χ1n) is 7.09. The van der Waals surface area contributed by atoms with Crippen LogP contribution in [0.25, 0.3) is 11.4 Å². The third kappa shape index (κ3) is 2.68. The first kappa shape index (κ1) is 13.8. The molecule has 5 nitrogen and oxygen atoms in total. The molecule has 2 aromatic rings. The monoisotopic (exact) mass is 282 g/mol. The fourth-order valence-electron chi connectivity index (χ4n) is 2.70. The maximum absolute atomic E-state index is 9.56. The van der Waals surface area contributed by atoms with Crippen molar-refractivity contribution in [1.29, 1.82) is 5.26 Å². The van der Waals surface area contributed by atoms with Crippen LogP contribution in [0.1, 0.15) is 11.7 Å². The predicted octanol–water partition coefficient (Wildman–Crippen LogP) is 1.98. The normalized spacial score (nSPS) is 17.3. The Labute approximate surface area is 124 Å². The highest BCUT2D eigenvalue weighted by Crippen LogP contribution is 2.25. The molecule has 0 N–H and O–H groups in total. The van der Waals surface area contributed by atoms with Gasteiger partial charge >= 0.3 is 0 Å². The number of nitrogens with zero attached hydrogens (tertiary/aromatic N) is 4. The van der Waals surface area contributed by atoms with Gasteiger partial charge in [0.05, 0.1) is 31.2 Å². The standard InChI is InChI=1S/C16H18N4O/c1-19-15(14(11-17)20-7-9-21-10-8-20)12-18-16(19)13-5-3-2-4-6-13/h2-6,12,14H,7-10H2,1H3. The van der Waals surface area contributed by atoms with Crippen LogP contribution in [0.2, 0.25) is 0 Å². The topological polar surface area (TPSA) is 54.1 Å². The average Bonchev–Trinajstić information content (AvgIpc) is 2.92. The minimum Gasteiger partial charge on any atom is -0.379 e. The lowest BCUT2D eigenvalue weighted by Gasteiger charge is -2.30. The van der Waals surface area contributed by atoms with E-state index in [9.17, 15) is 5.26 Å². The van der Waals surface area contributed by atoms with Crippen molar-refractivity contribution in [2.45, 2.75) is 6.04 Å². The largest absolute Gasteiger partial charge is 0.379 e. The van der Waals surface area contributed by atoms with Crippen molar-refractivity contribution in [3.63, 3.8) is 0 Å². The van der Waals surface area contributed by atoms with E-state index in [1.54, 1.807) is 0 Å². The van der Waals surface area contributed by atoms with Crippen molar-refractivity contribution < 1.29 is 4.74 Å². The molecule has 1 atom stereocenters. The number of rotatable bonds is 3. The van der Waals surface area contributed by atoms with E-state index in [-0.39, 0.29) is 6.04 Å². The van der Waals surface area contributed by atoms with E-state index in [1.807, 2.05) is 48.1 Å². The van der Waals surface area contributed by atoms with Gasteiger partial charge in [0.1, 0.15) is 11.9 Å². The van der Waals surface area contributed by atoms with E-state index in [2.05, 4.69) is 16.0 Å². The summed E-state index contributed by atoms with van der Waals surface area (Å²) in [5.41, 5.74) is 1.99. The molecule has 108 valence electrons. The van der Waals surface area contributed by atoms with Crippen molar-refractivity contribution in [3.05, 3.63) is 42.2 Å². The summed E-state index contributed by atoms with van der Waals surface area (Å²) in [6.07, 6.45) is 1.81. The van der Waals surface area contributed by atoms with E-state index < -0.39 is 0 Å². The molecule has 1 aromatic heterocycles. The Bertz CT molecular complexity index is 638. The summed E-state index contributed by atoms with van der Waals surface area (Å²) in [7, 11) is 1.97. The van der Waals surface area contributed by atoms with Gasteiger partial charge in [-0.2, -0.15) is 5.26 Å². The predicted molar refractivity (Wildman–Crippen MR) is 79.4 cm³/mol. The van der Waals surface area contributed by atoms with Crippen LogP contribution < -0.4 is 0 Å². The number of ether oxygens (including phenoxy) is 1. The molecule has 0 amide bonds. The molecule has 0 radical (unpaired) electrons. The summed E-state index contributed by atoms with van der Waals surface area (Å²) >= 11 is 0. The van der Waals surface area contributed by atoms with Gasteiger partial charge < -0.3 is 9.30 Å². The molecule has 0 aliphatic carbocycles. The number of hydrogen-bond donors (Lipinski definition) is 0. The lowest BCUT2D eigenvalue weighted by molar-refractivity contribution is 0.0255. The highest BCUT2D eigenvalue weighted by Gasteiger charge is 2.25. The third-order valence-corrected chi connectivity index (χ3v) is 3.87. The molecular weight excluding hydrogens is 264 g/mol. The molecule has 0 saturated carbocycles. The third-order valence-electron chi connectivity index (χ3n) is 3.87. The van der Waals surface area contributed by atoms with Crippen LogP contribution in [0.3, 0.4) is 0 Å². The maximum atomic E-state index is 9.56. The molecule has 1 aliphatic rings. The van der Waals surface area contributed by atoms with Crippen molar-refractivity contribution in [2.75, 3.05) is 26.3 Å². The molecule has 1 aliphatic heterocycles. The van der Waals surface area contributed by atoms with Gasteiger partial charge in [-0.15, -0.1) is 0 Å². The zero-order valence-corrected chi connectivity index (χ0v) is 12.1. The van der Waals surface area contributed by atoms with Gasteiger partial charge in [-0.1, -0.05) is 30.3 Å². The van der Waals surface area contributed by atoms with Gasteiger partial charge in [0.15, 0.2) is 0 Å². The summed E-state index contributed by atoms with van der Waals surface area (Å²) in [6, 6.07) is 12.2. The van der Waals surface area contributed by atoms with Crippen molar-refractivity contribution in [3.8, 4) is 17.5 Å². The van der Waals surface area contributed by atoms with Crippen LogP contribution in [-0.2, 0) is 11.8 Å². The molecular formula is C16H18N4O. The Balaban J connectivity index is 1.92. The highest BCUT2D eigenvalue weighted by atomic mass is 16.5. The van der Waals surface area contributed by atoms with Gasteiger partial charge in [-0.3, -0.25) is 4.90 Å². The van der Waals surface area contributed by atoms with Gasteiger partial charge in [0, 0.05) is 25.7 Å². The van der Waals surface area contributed by atoms with E-state index >= 15 is 0 Å². The number of aromatic nitrogens is 2. The fourth-order valence-corrected chi connectivity index (χ4v) is 2.70. The number of hydrogen-bond acceptors (Lipinski definition) is 4. The van der Waals surface area contributed by atoms with Gasteiger partial charge in [-0.25, -0.2) is 4.98 Å². The number of imidazole rings is 1. The second kappa shape index (κ2) is 6.08. The maximum Gasteiger partial charge on any atom is 0.140 e. The molecule has 1 aromatic carbocycles. The lowest BCUT2D eigenvalue weighted by atomic mass is 10.2. The molecule has 21 heavy (non-hydrogen) atoms. The molecule has 3 rings (SSSR count).